The third-order valence-electron chi connectivity index (χ3n) is 3.64. The number of aromatic nitrogens is 1. The van der Waals surface area contributed by atoms with Gasteiger partial charge >= 0.3 is 0 Å². The summed E-state index contributed by atoms with van der Waals surface area (Å²) < 4.78 is 0. The highest BCUT2D eigenvalue weighted by Crippen LogP contribution is 2.20. The van der Waals surface area contributed by atoms with Crippen LogP contribution in [0.3, 0.4) is 0 Å². The van der Waals surface area contributed by atoms with Gasteiger partial charge in [0.25, 0.3) is 0 Å². The Morgan fingerprint density at radius 1 is 1.53 bits per heavy atom. The van der Waals surface area contributed by atoms with Crippen molar-refractivity contribution >= 4 is 0 Å². The molecule has 94 valence electrons. The van der Waals surface area contributed by atoms with E-state index >= 15 is 0 Å². The van der Waals surface area contributed by atoms with Crippen LogP contribution >= 0.6 is 0 Å². The van der Waals surface area contributed by atoms with E-state index in [9.17, 15) is 0 Å². The lowest BCUT2D eigenvalue weighted by Crippen LogP contribution is -2.42. The number of rotatable bonds is 3. The van der Waals surface area contributed by atoms with Crippen molar-refractivity contribution in [2.75, 3.05) is 13.1 Å². The molecule has 1 saturated heterocycles. The van der Waals surface area contributed by atoms with Gasteiger partial charge in [-0.1, -0.05) is 6.07 Å². The van der Waals surface area contributed by atoms with Crippen molar-refractivity contribution < 1.29 is 0 Å². The molecule has 0 aliphatic carbocycles. The largest absolute Gasteiger partial charge is 0.328 e. The van der Waals surface area contributed by atoms with Gasteiger partial charge in [0.1, 0.15) is 0 Å². The van der Waals surface area contributed by atoms with Crippen molar-refractivity contribution in [2.45, 2.75) is 39.3 Å². The highest BCUT2D eigenvalue weighted by Gasteiger charge is 2.22. The van der Waals surface area contributed by atoms with E-state index in [1.54, 1.807) is 0 Å². The molecule has 0 saturated carbocycles. The first-order chi connectivity index (χ1) is 8.15. The van der Waals surface area contributed by atoms with Gasteiger partial charge in [0.05, 0.1) is 5.69 Å². The average Bonchev–Trinajstić information content (AvgIpc) is 2.32. The lowest BCUT2D eigenvalue weighted by atomic mass is 9.92. The van der Waals surface area contributed by atoms with Crippen LogP contribution in [0.15, 0.2) is 18.3 Å². The van der Waals surface area contributed by atoms with Gasteiger partial charge in [-0.15, -0.1) is 0 Å². The molecule has 1 aliphatic rings. The Hall–Kier alpha value is -0.930. The Balaban J connectivity index is 1.92. The number of nitrogens with zero attached hydrogens (tertiary/aromatic N) is 2. The molecule has 0 aromatic carbocycles. The van der Waals surface area contributed by atoms with E-state index in [2.05, 4.69) is 35.9 Å². The van der Waals surface area contributed by atoms with Gasteiger partial charge in [-0.05, 0) is 50.8 Å². The van der Waals surface area contributed by atoms with Gasteiger partial charge in [0.2, 0.25) is 0 Å². The van der Waals surface area contributed by atoms with Crippen LogP contribution in [0.1, 0.15) is 31.0 Å². The maximum absolute atomic E-state index is 6.00. The van der Waals surface area contributed by atoms with Gasteiger partial charge in [-0.2, -0.15) is 0 Å². The summed E-state index contributed by atoms with van der Waals surface area (Å²) in [6.07, 6.45) is 4.48. The molecule has 0 spiro atoms. The fourth-order valence-corrected chi connectivity index (χ4v) is 2.49. The van der Waals surface area contributed by atoms with Crippen molar-refractivity contribution in [3.05, 3.63) is 29.6 Å². The zero-order valence-electron chi connectivity index (χ0n) is 10.9. The minimum atomic E-state index is 0.309. The fourth-order valence-electron chi connectivity index (χ4n) is 2.49. The summed E-state index contributed by atoms with van der Waals surface area (Å²) in [5.74, 6) is 0.647. The average molecular weight is 233 g/mol. The molecule has 1 aromatic rings. The standard InChI is InChI=1S/C14H23N3/c1-11-5-6-14(16-8-11)10-17-7-3-4-13(9-17)12(2)15/h5-6,8,12-13H,3-4,7,9-10,15H2,1-2H3. The van der Waals surface area contributed by atoms with Gasteiger partial charge in [-0.3, -0.25) is 9.88 Å². The molecule has 1 aliphatic heterocycles. The molecule has 17 heavy (non-hydrogen) atoms. The quantitative estimate of drug-likeness (QED) is 0.867. The molecular weight excluding hydrogens is 210 g/mol. The normalized spacial score (nSPS) is 23.6. The molecule has 1 fully saturated rings. The van der Waals surface area contributed by atoms with E-state index in [1.165, 1.54) is 30.6 Å². The molecule has 0 radical (unpaired) electrons. The van der Waals surface area contributed by atoms with Crippen molar-refractivity contribution in [2.24, 2.45) is 11.7 Å². The molecule has 0 amide bonds. The maximum atomic E-state index is 6.00. The molecule has 3 heteroatoms. The van der Waals surface area contributed by atoms with E-state index in [0.717, 1.165) is 13.1 Å². The summed E-state index contributed by atoms with van der Waals surface area (Å²) in [4.78, 5) is 6.95. The summed E-state index contributed by atoms with van der Waals surface area (Å²) in [6.45, 7) is 7.46. The van der Waals surface area contributed by atoms with Crippen molar-refractivity contribution in [3.63, 3.8) is 0 Å². The van der Waals surface area contributed by atoms with Crippen LogP contribution in [0.2, 0.25) is 0 Å². The summed E-state index contributed by atoms with van der Waals surface area (Å²) in [5.41, 5.74) is 8.39. The number of likely N-dealkylation sites (tertiary alicyclic amines) is 1. The van der Waals surface area contributed by atoms with Crippen molar-refractivity contribution in [1.29, 1.82) is 0 Å². The van der Waals surface area contributed by atoms with Gasteiger partial charge in [0.15, 0.2) is 0 Å². The second-order valence-electron chi connectivity index (χ2n) is 5.32. The Kier molecular flexibility index (Phi) is 4.13. The van der Waals surface area contributed by atoms with Crippen LogP contribution in [0.25, 0.3) is 0 Å². The SMILES string of the molecule is Cc1ccc(CN2CCCC(C(C)N)C2)nc1. The zero-order chi connectivity index (χ0) is 12.3. The van der Waals surface area contributed by atoms with E-state index in [1.807, 2.05) is 6.20 Å². The molecule has 0 bridgehead atoms. The Morgan fingerprint density at radius 2 is 2.35 bits per heavy atom. The predicted octanol–water partition coefficient (Wildman–Crippen LogP) is 1.95. The smallest absolute Gasteiger partial charge is 0.0544 e. The maximum Gasteiger partial charge on any atom is 0.0544 e. The van der Waals surface area contributed by atoms with Crippen LogP contribution in [-0.2, 0) is 6.54 Å². The van der Waals surface area contributed by atoms with E-state index in [-0.39, 0.29) is 0 Å². The van der Waals surface area contributed by atoms with Crippen LogP contribution in [-0.4, -0.2) is 29.0 Å². The minimum absolute atomic E-state index is 0.309. The first kappa shape index (κ1) is 12.5. The first-order valence-electron chi connectivity index (χ1n) is 6.54. The van der Waals surface area contributed by atoms with Crippen LogP contribution < -0.4 is 5.73 Å². The molecule has 2 N–H and O–H groups in total. The molecule has 2 atom stereocenters. The topological polar surface area (TPSA) is 42.1 Å². The lowest BCUT2D eigenvalue weighted by Gasteiger charge is -2.34. The molecule has 2 rings (SSSR count). The summed E-state index contributed by atoms with van der Waals surface area (Å²) >= 11 is 0. The number of hydrogen-bond acceptors (Lipinski definition) is 3. The Morgan fingerprint density at radius 3 is 3.00 bits per heavy atom. The predicted molar refractivity (Wildman–Crippen MR) is 70.6 cm³/mol. The molecule has 2 unspecified atom stereocenters. The minimum Gasteiger partial charge on any atom is -0.328 e. The fraction of sp³-hybridized carbons (Fsp3) is 0.643. The number of hydrogen-bond donors (Lipinski definition) is 1. The number of nitrogens with two attached hydrogens (primary N) is 1. The highest BCUT2D eigenvalue weighted by atomic mass is 15.1. The van der Waals surface area contributed by atoms with Crippen molar-refractivity contribution in [3.8, 4) is 0 Å². The second-order valence-corrected chi connectivity index (χ2v) is 5.32. The van der Waals surface area contributed by atoms with Gasteiger partial charge < -0.3 is 5.73 Å². The Bertz CT molecular complexity index is 345. The highest BCUT2D eigenvalue weighted by molar-refractivity contribution is 5.12. The third kappa shape index (κ3) is 3.51. The third-order valence-corrected chi connectivity index (χ3v) is 3.64. The number of pyridine rings is 1. The van der Waals surface area contributed by atoms with E-state index in [4.69, 9.17) is 5.73 Å². The number of piperidine rings is 1. The molecule has 2 heterocycles. The summed E-state index contributed by atoms with van der Waals surface area (Å²) in [7, 11) is 0. The molecular formula is C14H23N3. The van der Waals surface area contributed by atoms with E-state index in [0.29, 0.717) is 12.0 Å². The summed E-state index contributed by atoms with van der Waals surface area (Å²) in [6, 6.07) is 4.57. The molecule has 1 aromatic heterocycles. The van der Waals surface area contributed by atoms with E-state index < -0.39 is 0 Å². The van der Waals surface area contributed by atoms with Crippen LogP contribution in [0.5, 0.6) is 0 Å². The second kappa shape index (κ2) is 5.61. The first-order valence-corrected chi connectivity index (χ1v) is 6.54. The van der Waals surface area contributed by atoms with Gasteiger partial charge in [-0.25, -0.2) is 0 Å². The molecule has 3 nitrogen and oxygen atoms in total. The monoisotopic (exact) mass is 233 g/mol. The van der Waals surface area contributed by atoms with Crippen LogP contribution in [0.4, 0.5) is 0 Å². The van der Waals surface area contributed by atoms with Crippen LogP contribution in [0, 0.1) is 12.8 Å². The number of aryl methyl sites for hydroxylation is 1. The zero-order valence-corrected chi connectivity index (χ0v) is 10.9. The van der Waals surface area contributed by atoms with Gasteiger partial charge in [0, 0.05) is 25.3 Å². The van der Waals surface area contributed by atoms with Crippen molar-refractivity contribution in [1.82, 2.24) is 9.88 Å². The Labute approximate surface area is 104 Å². The lowest BCUT2D eigenvalue weighted by molar-refractivity contribution is 0.153. The summed E-state index contributed by atoms with van der Waals surface area (Å²) in [5, 5.41) is 0.